The van der Waals surface area contributed by atoms with Gasteiger partial charge in [0.15, 0.2) is 6.33 Å². The summed E-state index contributed by atoms with van der Waals surface area (Å²) in [5, 5.41) is 7.38. The molecule has 1 saturated heterocycles. The topological polar surface area (TPSA) is 54.2 Å². The highest BCUT2D eigenvalue weighted by atomic mass is 16.5. The summed E-state index contributed by atoms with van der Waals surface area (Å²) in [5.41, 5.74) is 0. The van der Waals surface area contributed by atoms with Crippen molar-refractivity contribution in [1.82, 2.24) is 20.4 Å². The summed E-state index contributed by atoms with van der Waals surface area (Å²) >= 11 is 0. The molecule has 1 unspecified atom stereocenters. The molecule has 5 nitrogen and oxygen atoms in total. The lowest BCUT2D eigenvalue weighted by molar-refractivity contribution is 0.145. The van der Waals surface area contributed by atoms with E-state index in [1.165, 1.54) is 45.0 Å². The molecule has 0 spiro atoms. The van der Waals surface area contributed by atoms with Crippen LogP contribution in [0.15, 0.2) is 10.9 Å². The van der Waals surface area contributed by atoms with Gasteiger partial charge in [0.05, 0.1) is 0 Å². The van der Waals surface area contributed by atoms with Crippen molar-refractivity contribution in [1.29, 1.82) is 0 Å². The van der Waals surface area contributed by atoms with Gasteiger partial charge < -0.3 is 14.7 Å². The highest BCUT2D eigenvalue weighted by Crippen LogP contribution is 2.27. The maximum atomic E-state index is 5.06. The lowest BCUT2D eigenvalue weighted by Gasteiger charge is -2.39. The molecule has 1 N–H and O–H groups in total. The maximum Gasteiger partial charge on any atom is 0.227 e. The number of piperazine rings is 1. The summed E-state index contributed by atoms with van der Waals surface area (Å²) in [7, 11) is 0. The Hall–Kier alpha value is -0.940. The van der Waals surface area contributed by atoms with Gasteiger partial charge in [-0.25, -0.2) is 0 Å². The minimum atomic E-state index is 0.691. The van der Waals surface area contributed by atoms with Crippen LogP contribution in [0.3, 0.4) is 0 Å². The average molecular weight is 264 g/mol. The minimum Gasteiger partial charge on any atom is -0.340 e. The Labute approximate surface area is 114 Å². The quantitative estimate of drug-likeness (QED) is 0.892. The molecule has 0 bridgehead atoms. The van der Waals surface area contributed by atoms with Gasteiger partial charge >= 0.3 is 0 Å². The van der Waals surface area contributed by atoms with E-state index in [0.29, 0.717) is 6.04 Å². The lowest BCUT2D eigenvalue weighted by Crippen LogP contribution is -2.54. The van der Waals surface area contributed by atoms with Crippen LogP contribution in [0.4, 0.5) is 0 Å². The van der Waals surface area contributed by atoms with Crippen molar-refractivity contribution in [3.8, 4) is 0 Å². The van der Waals surface area contributed by atoms with E-state index in [-0.39, 0.29) is 0 Å². The van der Waals surface area contributed by atoms with Crippen molar-refractivity contribution in [2.24, 2.45) is 5.92 Å². The molecule has 0 amide bonds. The minimum absolute atomic E-state index is 0.691. The van der Waals surface area contributed by atoms with Crippen molar-refractivity contribution in [2.75, 3.05) is 26.2 Å². The molecule has 1 aromatic heterocycles. The second-order valence-corrected chi connectivity index (χ2v) is 5.84. The van der Waals surface area contributed by atoms with Crippen LogP contribution in [0.5, 0.6) is 0 Å². The fraction of sp³-hybridized carbons (Fsp3) is 0.857. The van der Waals surface area contributed by atoms with Crippen molar-refractivity contribution in [3.63, 3.8) is 0 Å². The molecule has 106 valence electrons. The van der Waals surface area contributed by atoms with Crippen LogP contribution >= 0.6 is 0 Å². The summed E-state index contributed by atoms with van der Waals surface area (Å²) in [4.78, 5) is 6.63. The standard InChI is InChI=1S/C14H24N4O/c1-2-4-12(5-3-1)13-10-18(9-7-15-13)8-6-14-16-11-17-19-14/h11-13,15H,1-10H2. The van der Waals surface area contributed by atoms with Crippen LogP contribution in [0.2, 0.25) is 0 Å². The summed E-state index contributed by atoms with van der Waals surface area (Å²) in [6.45, 7) is 4.47. The van der Waals surface area contributed by atoms with Crippen LogP contribution in [0, 0.1) is 5.92 Å². The fourth-order valence-electron chi connectivity index (χ4n) is 3.46. The van der Waals surface area contributed by atoms with Gasteiger partial charge in [0.25, 0.3) is 0 Å². The van der Waals surface area contributed by atoms with Crippen LogP contribution in [-0.2, 0) is 6.42 Å². The summed E-state index contributed by atoms with van der Waals surface area (Å²) in [6, 6.07) is 0.691. The third-order valence-electron chi connectivity index (χ3n) is 4.56. The van der Waals surface area contributed by atoms with Gasteiger partial charge in [0.1, 0.15) is 0 Å². The first kappa shape index (κ1) is 13.1. The highest BCUT2D eigenvalue weighted by molar-refractivity contribution is 4.87. The van der Waals surface area contributed by atoms with Crippen LogP contribution in [-0.4, -0.2) is 47.3 Å². The summed E-state index contributed by atoms with van der Waals surface area (Å²) in [5.74, 6) is 1.65. The molecule has 2 fully saturated rings. The normalized spacial score (nSPS) is 26.6. The van der Waals surface area contributed by atoms with Crippen molar-refractivity contribution < 1.29 is 4.52 Å². The van der Waals surface area contributed by atoms with Gasteiger partial charge in [-0.3, -0.25) is 0 Å². The van der Waals surface area contributed by atoms with Gasteiger partial charge in [0.2, 0.25) is 5.89 Å². The zero-order valence-electron chi connectivity index (χ0n) is 11.6. The van der Waals surface area contributed by atoms with Gasteiger partial charge in [0, 0.05) is 38.6 Å². The van der Waals surface area contributed by atoms with Gasteiger partial charge in [-0.15, -0.1) is 0 Å². The van der Waals surface area contributed by atoms with Crippen molar-refractivity contribution in [3.05, 3.63) is 12.2 Å². The van der Waals surface area contributed by atoms with Crippen molar-refractivity contribution >= 4 is 0 Å². The smallest absolute Gasteiger partial charge is 0.227 e. The van der Waals surface area contributed by atoms with Gasteiger partial charge in [-0.2, -0.15) is 4.98 Å². The molecule has 1 aliphatic heterocycles. The van der Waals surface area contributed by atoms with Crippen LogP contribution in [0.25, 0.3) is 0 Å². The summed E-state index contributed by atoms with van der Waals surface area (Å²) in [6.07, 6.45) is 9.46. The third-order valence-corrected chi connectivity index (χ3v) is 4.56. The van der Waals surface area contributed by atoms with E-state index in [1.54, 1.807) is 0 Å². The zero-order chi connectivity index (χ0) is 12.9. The molecule has 2 aliphatic rings. The molecule has 19 heavy (non-hydrogen) atoms. The molecular weight excluding hydrogens is 240 g/mol. The molecule has 0 aromatic carbocycles. The van der Waals surface area contributed by atoms with Crippen molar-refractivity contribution in [2.45, 2.75) is 44.6 Å². The largest absolute Gasteiger partial charge is 0.340 e. The van der Waals surface area contributed by atoms with E-state index in [2.05, 4.69) is 20.4 Å². The third kappa shape index (κ3) is 3.54. The number of hydrogen-bond acceptors (Lipinski definition) is 5. The Morgan fingerprint density at radius 2 is 2.21 bits per heavy atom. The molecule has 1 aliphatic carbocycles. The number of rotatable bonds is 4. The highest BCUT2D eigenvalue weighted by Gasteiger charge is 2.27. The molecule has 0 radical (unpaired) electrons. The lowest BCUT2D eigenvalue weighted by atomic mass is 9.83. The molecular formula is C14H24N4O. The van der Waals surface area contributed by atoms with Crippen LogP contribution in [0.1, 0.15) is 38.0 Å². The Bertz CT molecular complexity index is 362. The summed E-state index contributed by atoms with van der Waals surface area (Å²) < 4.78 is 5.06. The molecule has 1 atom stereocenters. The van der Waals surface area contributed by atoms with E-state index < -0.39 is 0 Å². The van der Waals surface area contributed by atoms with E-state index >= 15 is 0 Å². The first-order valence-electron chi connectivity index (χ1n) is 7.63. The van der Waals surface area contributed by atoms with Gasteiger partial charge in [-0.1, -0.05) is 24.4 Å². The van der Waals surface area contributed by atoms with E-state index in [1.807, 2.05) is 0 Å². The van der Waals surface area contributed by atoms with E-state index in [4.69, 9.17) is 4.52 Å². The number of nitrogens with zero attached hydrogens (tertiary/aromatic N) is 3. The second-order valence-electron chi connectivity index (χ2n) is 5.84. The predicted octanol–water partition coefficient (Wildman–Crippen LogP) is 1.47. The monoisotopic (exact) mass is 264 g/mol. The Morgan fingerprint density at radius 3 is 3.00 bits per heavy atom. The Balaban J connectivity index is 1.47. The number of hydrogen-bond donors (Lipinski definition) is 1. The Kier molecular flexibility index (Phi) is 4.45. The molecule has 5 heteroatoms. The fourth-order valence-corrected chi connectivity index (χ4v) is 3.46. The first-order valence-corrected chi connectivity index (χ1v) is 7.63. The number of nitrogens with one attached hydrogen (secondary N) is 1. The molecule has 1 aromatic rings. The van der Waals surface area contributed by atoms with E-state index in [0.717, 1.165) is 37.9 Å². The first-order chi connectivity index (χ1) is 9.42. The average Bonchev–Trinajstić information content (AvgIpc) is 3.00. The SMILES string of the molecule is c1noc(CCN2CCNC(C3CCCCC3)C2)n1. The van der Waals surface area contributed by atoms with Crippen LogP contribution < -0.4 is 5.32 Å². The van der Waals surface area contributed by atoms with Gasteiger partial charge in [-0.05, 0) is 18.8 Å². The number of aromatic nitrogens is 2. The Morgan fingerprint density at radius 1 is 1.32 bits per heavy atom. The molecule has 2 heterocycles. The zero-order valence-corrected chi connectivity index (χ0v) is 11.6. The van der Waals surface area contributed by atoms with E-state index in [9.17, 15) is 0 Å². The molecule has 3 rings (SSSR count). The molecule has 1 saturated carbocycles. The predicted molar refractivity (Wildman–Crippen MR) is 72.8 cm³/mol. The second kappa shape index (κ2) is 6.48. The maximum absolute atomic E-state index is 5.06.